The average molecular weight is 1200 g/mol. The third-order valence-corrected chi connectivity index (χ3v) is 13.0. The number of hydrogen-bond donors (Lipinski definition) is 20. The first-order valence-electron chi connectivity index (χ1n) is 25.7. The highest BCUT2D eigenvalue weighted by Crippen LogP contribution is 2.31. The van der Waals surface area contributed by atoms with Crippen LogP contribution < -0.4 is 54.0 Å². The van der Waals surface area contributed by atoms with Crippen LogP contribution in [0.15, 0.2) is 0 Å². The normalized spacial score (nSPS) is 30.0. The summed E-state index contributed by atoms with van der Waals surface area (Å²) in [6, 6.07) is -13.4. The van der Waals surface area contributed by atoms with Gasteiger partial charge in [-0.3, -0.25) is 52.7 Å². The van der Waals surface area contributed by atoms with E-state index in [1.54, 1.807) is 0 Å². The fourth-order valence-corrected chi connectivity index (χ4v) is 8.63. The zero-order valence-electron chi connectivity index (χ0n) is 45.9. The minimum atomic E-state index is -2.28. The molecule has 37 nitrogen and oxygen atoms in total. The van der Waals surface area contributed by atoms with Crippen molar-refractivity contribution in [1.29, 1.82) is 0 Å². The summed E-state index contributed by atoms with van der Waals surface area (Å²) in [5.41, 5.74) is 10.7. The first-order valence-corrected chi connectivity index (χ1v) is 25.7. The van der Waals surface area contributed by atoms with Gasteiger partial charge in [0.15, 0.2) is 18.8 Å². The molecule has 3 fully saturated rings. The molecule has 0 aromatic rings. The number of carboxylic acid groups (broad SMARTS) is 1. The molecule has 0 aromatic carbocycles. The molecular weight excluding hydrogens is 1120 g/mol. The molecule has 0 aliphatic carbocycles. The molecule has 83 heavy (non-hydrogen) atoms. The standard InChI is InChI=1S/C46H77N11O26/c1-15(60)29(42(77)54-22(12-58)44(78)57(5)6)56-41(76)21(10-28(66)67)53-40(75)20(52-39(74)19(7-8-25(48)63)51-27(65)11-47)9-26(64)55-43-30(49-17(3)61)35(71)38(24(81-43)14-79-46-37(73)36(72)32(68)16(2)80-46)83-45-31(50-18(4)62)34(70)33(69)23(13-59)82-45/h15-16,19-24,29-38,43,45-46,58-60,68-73H,7-14,47H2,1-6H3,(H2,48,63)(H,49,61)(H,50,62)(H,51,65)(H,52,74)(H,53,75)(H,54,77)(H,55,64)(H,56,76)(H,66,67)/t15?,16-,19-,20-,21-,22-,23+,24+,29-,30+,31+,32+,33+,34+,35+,36+,37-,38+,43+,45-,46+/m0/s1. The average Bonchev–Trinajstić information content (AvgIpc) is 3.62. The predicted octanol–water partition coefficient (Wildman–Crippen LogP) is -13.2. The maximum Gasteiger partial charge on any atom is 0.305 e. The number of carbonyl (C=O) groups excluding carboxylic acids is 10. The van der Waals surface area contributed by atoms with E-state index in [1.165, 1.54) is 21.0 Å². The monoisotopic (exact) mass is 1200 g/mol. The lowest BCUT2D eigenvalue weighted by atomic mass is 9.93. The number of hydrogen-bond acceptors (Lipinski definition) is 26. The molecule has 3 saturated heterocycles. The van der Waals surface area contributed by atoms with Crippen LogP contribution in [0.4, 0.5) is 0 Å². The molecular formula is C46H77N11O26. The Kier molecular flexibility index (Phi) is 27.8. The van der Waals surface area contributed by atoms with Crippen molar-refractivity contribution in [3.05, 3.63) is 0 Å². The summed E-state index contributed by atoms with van der Waals surface area (Å²) in [6.45, 7) is 0.776. The molecule has 37 heteroatoms. The number of nitrogens with one attached hydrogen (secondary N) is 8. The number of likely N-dealkylation sites (N-methyl/N-ethyl adjacent to an activating group) is 1. The minimum Gasteiger partial charge on any atom is -0.481 e. The van der Waals surface area contributed by atoms with Crippen molar-refractivity contribution >= 4 is 65.0 Å². The Hall–Kier alpha value is -6.43. The lowest BCUT2D eigenvalue weighted by Gasteiger charge is -2.49. The van der Waals surface area contributed by atoms with Gasteiger partial charge in [-0.15, -0.1) is 0 Å². The van der Waals surface area contributed by atoms with Gasteiger partial charge in [-0.25, -0.2) is 0 Å². The number of nitrogens with zero attached hydrogens (tertiary/aromatic N) is 1. The molecule has 3 aliphatic rings. The molecule has 0 radical (unpaired) electrons. The van der Waals surface area contributed by atoms with Gasteiger partial charge in [-0.2, -0.15) is 0 Å². The van der Waals surface area contributed by atoms with E-state index in [2.05, 4.69) is 31.9 Å². The summed E-state index contributed by atoms with van der Waals surface area (Å²) in [5, 5.41) is 123. The highest BCUT2D eigenvalue weighted by atomic mass is 16.7. The molecule has 3 rings (SSSR count). The fraction of sp³-hybridized carbons (Fsp3) is 0.761. The first-order chi connectivity index (χ1) is 38.8. The second-order valence-electron chi connectivity index (χ2n) is 19.9. The Labute approximate surface area is 472 Å². The smallest absolute Gasteiger partial charge is 0.305 e. The van der Waals surface area contributed by atoms with E-state index in [-0.39, 0.29) is 0 Å². The second-order valence-corrected chi connectivity index (χ2v) is 19.9. The highest BCUT2D eigenvalue weighted by Gasteiger charge is 2.53. The number of amides is 10. The first kappa shape index (κ1) is 70.8. The molecule has 0 aromatic heterocycles. The molecule has 0 saturated carbocycles. The molecule has 1 unspecified atom stereocenters. The second kappa shape index (κ2) is 32.6. The SMILES string of the molecule is CC(=O)N[C@@H]1[C@@H](O)[C@H](O[C@@H]2O[C@H](CO)[C@@H](O)[C@H](O)[C@H]2NC(C)=O)[C@@H](CO[C@@H]2O[C@@H](C)[C@@H](O)[C@@H](O)[C@@H]2O)O[C@H]1NC(=O)C[C@H](NC(=O)[C@H](CCC(N)=O)NC(=O)CN)C(=O)N[C@@H](CC(=O)O)C(=O)N[C@H](C(=O)N[C@@H](CO)C(=O)N(C)C)C(C)O. The van der Waals surface area contributed by atoms with Crippen molar-refractivity contribution in [3.8, 4) is 0 Å². The Morgan fingerprint density at radius 1 is 0.627 bits per heavy atom. The molecule has 10 amide bonds. The zero-order chi connectivity index (χ0) is 62.9. The van der Waals surface area contributed by atoms with E-state index >= 15 is 0 Å². The molecule has 0 bridgehead atoms. The topological polar surface area (TPSA) is 588 Å². The van der Waals surface area contributed by atoms with Gasteiger partial charge in [0.1, 0.15) is 97.2 Å². The van der Waals surface area contributed by atoms with Crippen molar-refractivity contribution in [3.63, 3.8) is 0 Å². The number of aliphatic carboxylic acids is 1. The van der Waals surface area contributed by atoms with Crippen LogP contribution in [-0.2, 0) is 76.4 Å². The van der Waals surface area contributed by atoms with Crippen LogP contribution in [0.3, 0.4) is 0 Å². The van der Waals surface area contributed by atoms with Crippen LogP contribution in [0.1, 0.15) is 53.4 Å². The number of rotatable bonds is 29. The predicted molar refractivity (Wildman–Crippen MR) is 270 cm³/mol. The Bertz CT molecular complexity index is 2290. The van der Waals surface area contributed by atoms with Gasteiger partial charge >= 0.3 is 5.97 Å². The van der Waals surface area contributed by atoms with Crippen LogP contribution in [0.5, 0.6) is 0 Å². The Morgan fingerprint density at radius 2 is 1.19 bits per heavy atom. The third-order valence-electron chi connectivity index (χ3n) is 13.0. The number of primary amides is 1. The lowest BCUT2D eigenvalue weighted by molar-refractivity contribution is -0.329. The molecule has 472 valence electrons. The Morgan fingerprint density at radius 3 is 1.72 bits per heavy atom. The highest BCUT2D eigenvalue weighted by molar-refractivity contribution is 5.99. The van der Waals surface area contributed by atoms with Crippen molar-refractivity contribution in [2.75, 3.05) is 40.5 Å². The zero-order valence-corrected chi connectivity index (χ0v) is 45.9. The van der Waals surface area contributed by atoms with Crippen LogP contribution in [-0.4, -0.2) is 290 Å². The summed E-state index contributed by atoms with van der Waals surface area (Å²) >= 11 is 0. The molecule has 0 spiro atoms. The van der Waals surface area contributed by atoms with Gasteiger partial charge in [0.05, 0.1) is 51.4 Å². The van der Waals surface area contributed by atoms with Gasteiger partial charge in [-0.1, -0.05) is 0 Å². The van der Waals surface area contributed by atoms with E-state index < -0.39 is 245 Å². The fourth-order valence-electron chi connectivity index (χ4n) is 8.63. The van der Waals surface area contributed by atoms with Crippen LogP contribution in [0.25, 0.3) is 0 Å². The summed E-state index contributed by atoms with van der Waals surface area (Å²) in [7, 11) is 2.58. The number of ether oxygens (including phenoxy) is 5. The Balaban J connectivity index is 2.13. The quantitative estimate of drug-likeness (QED) is 0.0331. The van der Waals surface area contributed by atoms with E-state index in [1.807, 2.05) is 10.6 Å². The van der Waals surface area contributed by atoms with Crippen molar-refractivity contribution < 1.29 is 127 Å². The number of carboxylic acids is 1. The van der Waals surface area contributed by atoms with Gasteiger partial charge in [0.2, 0.25) is 59.1 Å². The van der Waals surface area contributed by atoms with Crippen LogP contribution >= 0.6 is 0 Å². The van der Waals surface area contributed by atoms with E-state index in [0.29, 0.717) is 0 Å². The lowest BCUT2D eigenvalue weighted by Crippen LogP contribution is -2.71. The summed E-state index contributed by atoms with van der Waals surface area (Å²) in [5.74, 6) is -13.3. The van der Waals surface area contributed by atoms with E-state index in [0.717, 1.165) is 25.7 Å². The minimum absolute atomic E-state index is 0.546. The molecule has 3 heterocycles. The van der Waals surface area contributed by atoms with Gasteiger partial charge < -0.3 is 134 Å². The summed E-state index contributed by atoms with van der Waals surface area (Å²) < 4.78 is 29.2. The van der Waals surface area contributed by atoms with Crippen LogP contribution in [0, 0.1) is 0 Å². The number of aliphatic hydroxyl groups excluding tert-OH is 9. The van der Waals surface area contributed by atoms with E-state index in [4.69, 9.17) is 35.2 Å². The van der Waals surface area contributed by atoms with Gasteiger partial charge in [-0.05, 0) is 20.3 Å². The summed E-state index contributed by atoms with van der Waals surface area (Å²) in [4.78, 5) is 145. The number of nitrogens with two attached hydrogens (primary N) is 2. The van der Waals surface area contributed by atoms with E-state index in [9.17, 15) is 104 Å². The van der Waals surface area contributed by atoms with Crippen molar-refractivity contribution in [2.24, 2.45) is 11.5 Å². The van der Waals surface area contributed by atoms with Crippen molar-refractivity contribution in [2.45, 2.75) is 182 Å². The van der Waals surface area contributed by atoms with Crippen LogP contribution in [0.2, 0.25) is 0 Å². The number of aliphatic hydroxyl groups is 9. The third kappa shape index (κ3) is 20.4. The summed E-state index contributed by atoms with van der Waals surface area (Å²) in [6.07, 6.45) is -29.0. The van der Waals surface area contributed by atoms with Crippen molar-refractivity contribution in [1.82, 2.24) is 47.4 Å². The van der Waals surface area contributed by atoms with Gasteiger partial charge in [0.25, 0.3) is 0 Å². The number of carbonyl (C=O) groups is 11. The molecule has 21 atom stereocenters. The van der Waals surface area contributed by atoms with Gasteiger partial charge in [0, 0.05) is 34.4 Å². The maximum atomic E-state index is 14.3. The maximum absolute atomic E-state index is 14.3. The largest absolute Gasteiger partial charge is 0.481 e. The molecule has 3 aliphatic heterocycles. The molecule has 22 N–H and O–H groups in total.